The van der Waals surface area contributed by atoms with Crippen LogP contribution in [0.25, 0.3) is 0 Å². The van der Waals surface area contributed by atoms with Gasteiger partial charge in [-0.15, -0.1) is 11.8 Å². The molecule has 0 spiro atoms. The maximum absolute atomic E-state index is 12.1. The molecule has 2 aromatic rings. The Kier molecular flexibility index (Phi) is 7.56. The Morgan fingerprint density at radius 3 is 2.25 bits per heavy atom. The van der Waals surface area contributed by atoms with Crippen LogP contribution in [0.3, 0.4) is 0 Å². The molecule has 0 heterocycles. The van der Waals surface area contributed by atoms with Crippen LogP contribution < -0.4 is 5.43 Å². The fourth-order valence-electron chi connectivity index (χ4n) is 2.14. The Bertz CT molecular complexity index is 656. The van der Waals surface area contributed by atoms with Crippen LogP contribution in [0, 0.1) is 0 Å². The number of thioether (sulfide) groups is 1. The summed E-state index contributed by atoms with van der Waals surface area (Å²) in [7, 11) is 0. The molecule has 1 unspecified atom stereocenters. The van der Waals surface area contributed by atoms with Crippen LogP contribution in [0.1, 0.15) is 31.4 Å². The van der Waals surface area contributed by atoms with Gasteiger partial charge in [0.1, 0.15) is 0 Å². The van der Waals surface area contributed by atoms with E-state index in [2.05, 4.69) is 34.8 Å². The lowest BCUT2D eigenvalue weighted by atomic mass is 10.1. The molecule has 0 aromatic heterocycles. The van der Waals surface area contributed by atoms with Crippen LogP contribution >= 0.6 is 11.8 Å². The quantitative estimate of drug-likeness (QED) is 0.570. The van der Waals surface area contributed by atoms with E-state index in [1.54, 1.807) is 11.8 Å². The lowest BCUT2D eigenvalue weighted by Gasteiger charge is -2.10. The number of nitrogens with one attached hydrogen (secondary N) is 1. The van der Waals surface area contributed by atoms with Gasteiger partial charge in [0, 0.05) is 11.5 Å². The van der Waals surface area contributed by atoms with Gasteiger partial charge in [0.15, 0.2) is 0 Å². The number of hydrogen-bond acceptors (Lipinski definition) is 3. The largest absolute Gasteiger partial charge is 0.272 e. The molecule has 0 aliphatic rings. The minimum Gasteiger partial charge on any atom is -0.272 e. The molecule has 1 N–H and O–H groups in total. The molecule has 0 aliphatic carbocycles. The first kappa shape index (κ1) is 18.3. The second-order valence-electron chi connectivity index (χ2n) is 5.75. The average molecular weight is 340 g/mol. The second-order valence-corrected chi connectivity index (χ2v) is 7.08. The topological polar surface area (TPSA) is 41.5 Å². The van der Waals surface area contributed by atoms with Gasteiger partial charge in [-0.1, -0.05) is 60.7 Å². The third kappa shape index (κ3) is 6.59. The molecule has 0 saturated carbocycles. The average Bonchev–Trinajstić information content (AvgIpc) is 2.64. The van der Waals surface area contributed by atoms with Crippen molar-refractivity contribution in [2.75, 3.05) is 0 Å². The van der Waals surface area contributed by atoms with Crippen LogP contribution in [0.15, 0.2) is 65.8 Å². The molecule has 1 atom stereocenters. The van der Waals surface area contributed by atoms with E-state index in [0.717, 1.165) is 24.3 Å². The van der Waals surface area contributed by atoms with Gasteiger partial charge in [0.2, 0.25) is 0 Å². The third-order valence-corrected chi connectivity index (χ3v) is 4.90. The Hall–Kier alpha value is -2.07. The fraction of sp³-hybridized carbons (Fsp3) is 0.300. The minimum atomic E-state index is -0.129. The van der Waals surface area contributed by atoms with Crippen molar-refractivity contribution in [1.29, 1.82) is 0 Å². The summed E-state index contributed by atoms with van der Waals surface area (Å²) in [6.07, 6.45) is 1.78. The molecule has 1 amide bonds. The number of benzene rings is 2. The van der Waals surface area contributed by atoms with Crippen LogP contribution in [0.2, 0.25) is 0 Å². The van der Waals surface area contributed by atoms with Crippen molar-refractivity contribution >= 4 is 23.4 Å². The zero-order chi connectivity index (χ0) is 17.2. The van der Waals surface area contributed by atoms with Gasteiger partial charge in [-0.3, -0.25) is 4.79 Å². The number of amides is 1. The molecule has 24 heavy (non-hydrogen) atoms. The smallest absolute Gasteiger partial charge is 0.252 e. The summed E-state index contributed by atoms with van der Waals surface area (Å²) in [5, 5.41) is 4.09. The van der Waals surface area contributed by atoms with Crippen molar-refractivity contribution < 1.29 is 4.79 Å². The molecule has 0 bridgehead atoms. The first-order valence-electron chi connectivity index (χ1n) is 8.17. The Labute approximate surface area is 148 Å². The van der Waals surface area contributed by atoms with E-state index in [4.69, 9.17) is 0 Å². The van der Waals surface area contributed by atoms with Crippen molar-refractivity contribution in [2.24, 2.45) is 5.10 Å². The summed E-state index contributed by atoms with van der Waals surface area (Å²) < 4.78 is 0. The molecule has 0 saturated heterocycles. The van der Waals surface area contributed by atoms with Crippen molar-refractivity contribution in [3.63, 3.8) is 0 Å². The predicted octanol–water partition coefficient (Wildman–Crippen LogP) is 4.43. The maximum Gasteiger partial charge on any atom is 0.252 e. The normalized spacial score (nSPS) is 12.7. The molecule has 0 fully saturated rings. The lowest BCUT2D eigenvalue weighted by Crippen LogP contribution is -2.27. The van der Waals surface area contributed by atoms with E-state index < -0.39 is 0 Å². The van der Waals surface area contributed by atoms with Crippen molar-refractivity contribution in [3.8, 4) is 0 Å². The summed E-state index contributed by atoms with van der Waals surface area (Å²) in [5.41, 5.74) is 6.13. The van der Waals surface area contributed by atoms with Gasteiger partial charge in [-0.25, -0.2) is 5.43 Å². The monoisotopic (exact) mass is 340 g/mol. The second kappa shape index (κ2) is 9.93. The summed E-state index contributed by atoms with van der Waals surface area (Å²) in [4.78, 5) is 12.1. The molecule has 0 radical (unpaired) electrons. The number of aryl methyl sites for hydroxylation is 1. The van der Waals surface area contributed by atoms with E-state index >= 15 is 0 Å². The van der Waals surface area contributed by atoms with E-state index in [1.807, 2.05) is 50.2 Å². The highest BCUT2D eigenvalue weighted by Gasteiger charge is 2.12. The molecular weight excluding hydrogens is 316 g/mol. The van der Waals surface area contributed by atoms with Gasteiger partial charge in [0.05, 0.1) is 5.25 Å². The Morgan fingerprint density at radius 1 is 1.04 bits per heavy atom. The summed E-state index contributed by atoms with van der Waals surface area (Å²) in [5.74, 6) is 0.779. The summed E-state index contributed by atoms with van der Waals surface area (Å²) in [6.45, 7) is 3.86. The maximum atomic E-state index is 12.1. The zero-order valence-electron chi connectivity index (χ0n) is 14.2. The minimum absolute atomic E-state index is 0.0463. The van der Waals surface area contributed by atoms with Gasteiger partial charge < -0.3 is 0 Å². The zero-order valence-corrected chi connectivity index (χ0v) is 15.1. The first-order valence-corrected chi connectivity index (χ1v) is 9.22. The lowest BCUT2D eigenvalue weighted by molar-refractivity contribution is -0.120. The molecule has 2 rings (SSSR count). The number of nitrogens with zero attached hydrogens (tertiary/aromatic N) is 1. The third-order valence-electron chi connectivity index (χ3n) is 3.69. The molecule has 3 nitrogen and oxygen atoms in total. The van der Waals surface area contributed by atoms with Crippen LogP contribution in [0.5, 0.6) is 0 Å². The highest BCUT2D eigenvalue weighted by atomic mass is 32.2. The molecule has 0 aliphatic heterocycles. The molecule has 2 aromatic carbocycles. The standard InChI is InChI=1S/C20H24N2OS/c1-16(13-14-18-9-5-3-6-10-18)21-22-20(23)17(2)24-15-19-11-7-4-8-12-19/h3-12,17H,13-15H2,1-2H3,(H,22,23)/b21-16+. The number of rotatable bonds is 8. The van der Waals surface area contributed by atoms with Crippen molar-refractivity contribution in [1.82, 2.24) is 5.43 Å². The van der Waals surface area contributed by atoms with Gasteiger partial charge >= 0.3 is 0 Å². The molecular formula is C20H24N2OS. The predicted molar refractivity (Wildman–Crippen MR) is 103 cm³/mol. The van der Waals surface area contributed by atoms with Crippen LogP contribution in [0.4, 0.5) is 0 Å². The highest BCUT2D eigenvalue weighted by molar-refractivity contribution is 7.99. The van der Waals surface area contributed by atoms with Crippen molar-refractivity contribution in [3.05, 3.63) is 71.8 Å². The number of carbonyl (C=O) groups is 1. The van der Waals surface area contributed by atoms with Gasteiger partial charge in [-0.05, 0) is 37.8 Å². The molecule has 4 heteroatoms. The first-order chi connectivity index (χ1) is 11.6. The van der Waals surface area contributed by atoms with Crippen molar-refractivity contribution in [2.45, 2.75) is 37.7 Å². The fourth-order valence-corrected chi connectivity index (χ4v) is 2.98. The number of hydrogen-bond donors (Lipinski definition) is 1. The molecule has 126 valence electrons. The summed E-state index contributed by atoms with van der Waals surface area (Å²) >= 11 is 1.62. The van der Waals surface area contributed by atoms with Crippen LogP contribution in [-0.2, 0) is 17.0 Å². The van der Waals surface area contributed by atoms with Gasteiger partial charge in [0.25, 0.3) is 5.91 Å². The van der Waals surface area contributed by atoms with E-state index in [9.17, 15) is 4.79 Å². The Balaban J connectivity index is 1.72. The highest BCUT2D eigenvalue weighted by Crippen LogP contribution is 2.17. The Morgan fingerprint density at radius 2 is 1.62 bits per heavy atom. The van der Waals surface area contributed by atoms with E-state index in [-0.39, 0.29) is 11.2 Å². The van der Waals surface area contributed by atoms with E-state index in [1.165, 1.54) is 11.1 Å². The summed E-state index contributed by atoms with van der Waals surface area (Å²) in [6, 6.07) is 20.5. The van der Waals surface area contributed by atoms with Gasteiger partial charge in [-0.2, -0.15) is 5.10 Å². The number of carbonyl (C=O) groups excluding carboxylic acids is 1. The van der Waals surface area contributed by atoms with E-state index in [0.29, 0.717) is 0 Å². The van der Waals surface area contributed by atoms with Crippen LogP contribution in [-0.4, -0.2) is 16.9 Å². The SMILES string of the molecule is C/C(CCc1ccccc1)=N\NC(=O)C(C)SCc1ccccc1. The number of hydrazone groups is 1.